The van der Waals surface area contributed by atoms with Crippen LogP contribution in [0.25, 0.3) is 0 Å². The molecule has 0 amide bonds. The van der Waals surface area contributed by atoms with E-state index in [0.717, 1.165) is 6.42 Å². The third-order valence-corrected chi connectivity index (χ3v) is 2.37. The van der Waals surface area contributed by atoms with Crippen LogP contribution in [0.4, 0.5) is 11.4 Å². The van der Waals surface area contributed by atoms with Crippen LogP contribution in [-0.4, -0.2) is 12.1 Å². The number of anilines is 2. The molecule has 0 spiro atoms. The van der Waals surface area contributed by atoms with E-state index in [9.17, 15) is 0 Å². The molecule has 0 radical (unpaired) electrons. The Hall–Kier alpha value is -1.18. The first-order valence-electron chi connectivity index (χ1n) is 5.75. The van der Waals surface area contributed by atoms with Gasteiger partial charge in [0.1, 0.15) is 0 Å². The number of hydrogen-bond acceptors (Lipinski definition) is 2. The summed E-state index contributed by atoms with van der Waals surface area (Å²) in [6, 6.07) is 9.50. The smallest absolute Gasteiger partial charge is 0.0343 e. The Morgan fingerprint density at radius 3 is 1.80 bits per heavy atom. The fraction of sp³-hybridized carbons (Fsp3) is 0.538. The van der Waals surface area contributed by atoms with Gasteiger partial charge in [-0.05, 0) is 51.5 Å². The highest BCUT2D eigenvalue weighted by Crippen LogP contribution is 2.15. The van der Waals surface area contributed by atoms with E-state index in [1.54, 1.807) is 0 Å². The fourth-order valence-corrected chi connectivity index (χ4v) is 1.38. The van der Waals surface area contributed by atoms with Crippen LogP contribution in [0.1, 0.15) is 34.1 Å². The summed E-state index contributed by atoms with van der Waals surface area (Å²) in [5.74, 6) is 0. The van der Waals surface area contributed by atoms with Gasteiger partial charge in [0.25, 0.3) is 0 Å². The van der Waals surface area contributed by atoms with E-state index in [1.807, 2.05) is 0 Å². The summed E-state index contributed by atoms with van der Waals surface area (Å²) in [6.07, 6.45) is 1.14. The summed E-state index contributed by atoms with van der Waals surface area (Å²) in [4.78, 5) is 0. The van der Waals surface area contributed by atoms with Crippen molar-refractivity contribution in [1.29, 1.82) is 0 Å². The Morgan fingerprint density at radius 2 is 1.40 bits per heavy atom. The molecule has 1 unspecified atom stereocenters. The highest BCUT2D eigenvalue weighted by molar-refractivity contribution is 5.54. The second-order valence-electron chi connectivity index (χ2n) is 4.33. The molecular weight excluding hydrogens is 184 g/mol. The Bertz CT molecular complexity index is 277. The summed E-state index contributed by atoms with van der Waals surface area (Å²) in [5.41, 5.74) is 2.37. The fourth-order valence-electron chi connectivity index (χ4n) is 1.38. The molecule has 2 nitrogen and oxygen atoms in total. The summed E-state index contributed by atoms with van der Waals surface area (Å²) in [6.45, 7) is 8.67. The molecule has 1 rings (SSSR count). The molecule has 2 heteroatoms. The largest absolute Gasteiger partial charge is 0.383 e. The lowest BCUT2D eigenvalue weighted by molar-refractivity contribution is 0.764. The lowest BCUT2D eigenvalue weighted by Gasteiger charge is -2.14. The van der Waals surface area contributed by atoms with Gasteiger partial charge in [-0.2, -0.15) is 0 Å². The normalized spacial score (nSPS) is 12.6. The van der Waals surface area contributed by atoms with Gasteiger partial charge in [0.2, 0.25) is 0 Å². The molecule has 15 heavy (non-hydrogen) atoms. The molecule has 84 valence electrons. The third-order valence-electron chi connectivity index (χ3n) is 2.37. The van der Waals surface area contributed by atoms with Crippen molar-refractivity contribution in [3.05, 3.63) is 24.3 Å². The van der Waals surface area contributed by atoms with Crippen molar-refractivity contribution in [3.8, 4) is 0 Å². The molecule has 1 aromatic rings. The predicted octanol–water partition coefficient (Wildman–Crippen LogP) is 3.72. The maximum absolute atomic E-state index is 3.44. The zero-order chi connectivity index (χ0) is 11.3. The SMILES string of the molecule is CCC(C)Nc1ccc(NC(C)C)cc1. The van der Waals surface area contributed by atoms with Crippen molar-refractivity contribution in [3.63, 3.8) is 0 Å². The Balaban J connectivity index is 2.56. The van der Waals surface area contributed by atoms with Crippen LogP contribution in [0.3, 0.4) is 0 Å². The second-order valence-corrected chi connectivity index (χ2v) is 4.33. The Kier molecular flexibility index (Phi) is 4.47. The van der Waals surface area contributed by atoms with Crippen molar-refractivity contribution in [2.75, 3.05) is 10.6 Å². The summed E-state index contributed by atoms with van der Waals surface area (Å²) < 4.78 is 0. The van der Waals surface area contributed by atoms with Crippen molar-refractivity contribution < 1.29 is 0 Å². The quantitative estimate of drug-likeness (QED) is 0.767. The summed E-state index contributed by atoms with van der Waals surface area (Å²) in [5, 5.41) is 6.82. The molecule has 2 N–H and O–H groups in total. The zero-order valence-corrected chi connectivity index (χ0v) is 10.2. The van der Waals surface area contributed by atoms with Crippen LogP contribution in [-0.2, 0) is 0 Å². The van der Waals surface area contributed by atoms with Crippen molar-refractivity contribution >= 4 is 11.4 Å². The number of hydrogen-bond donors (Lipinski definition) is 2. The maximum Gasteiger partial charge on any atom is 0.0343 e. The Morgan fingerprint density at radius 1 is 0.933 bits per heavy atom. The van der Waals surface area contributed by atoms with Crippen molar-refractivity contribution in [1.82, 2.24) is 0 Å². The van der Waals surface area contributed by atoms with Crippen LogP contribution in [0, 0.1) is 0 Å². The Labute approximate surface area is 93.1 Å². The van der Waals surface area contributed by atoms with Crippen LogP contribution < -0.4 is 10.6 Å². The van der Waals surface area contributed by atoms with Gasteiger partial charge >= 0.3 is 0 Å². The maximum atomic E-state index is 3.44. The molecule has 0 aliphatic heterocycles. The molecule has 0 saturated carbocycles. The van der Waals surface area contributed by atoms with Gasteiger partial charge in [-0.25, -0.2) is 0 Å². The van der Waals surface area contributed by atoms with Crippen LogP contribution in [0.2, 0.25) is 0 Å². The van der Waals surface area contributed by atoms with Crippen LogP contribution >= 0.6 is 0 Å². The molecule has 0 aliphatic carbocycles. The topological polar surface area (TPSA) is 24.1 Å². The molecule has 0 fully saturated rings. The second kappa shape index (κ2) is 5.64. The van der Waals surface area contributed by atoms with E-state index in [-0.39, 0.29) is 0 Å². The molecule has 1 atom stereocenters. The molecular formula is C13H22N2. The van der Waals surface area contributed by atoms with Crippen molar-refractivity contribution in [2.24, 2.45) is 0 Å². The van der Waals surface area contributed by atoms with Gasteiger partial charge in [0.05, 0.1) is 0 Å². The zero-order valence-electron chi connectivity index (χ0n) is 10.2. The monoisotopic (exact) mass is 206 g/mol. The van der Waals surface area contributed by atoms with Gasteiger partial charge in [-0.15, -0.1) is 0 Å². The van der Waals surface area contributed by atoms with Gasteiger partial charge < -0.3 is 10.6 Å². The van der Waals surface area contributed by atoms with E-state index < -0.39 is 0 Å². The molecule has 0 bridgehead atoms. The summed E-state index contributed by atoms with van der Waals surface area (Å²) >= 11 is 0. The minimum atomic E-state index is 0.485. The predicted molar refractivity (Wildman–Crippen MR) is 68.6 cm³/mol. The molecule has 0 aromatic heterocycles. The van der Waals surface area contributed by atoms with Gasteiger partial charge in [-0.1, -0.05) is 6.92 Å². The third kappa shape index (κ3) is 4.24. The molecule has 0 aliphatic rings. The van der Waals surface area contributed by atoms with Crippen LogP contribution in [0.15, 0.2) is 24.3 Å². The lowest BCUT2D eigenvalue weighted by atomic mass is 10.2. The molecule has 0 saturated heterocycles. The lowest BCUT2D eigenvalue weighted by Crippen LogP contribution is -2.13. The summed E-state index contributed by atoms with van der Waals surface area (Å²) in [7, 11) is 0. The van der Waals surface area contributed by atoms with E-state index in [4.69, 9.17) is 0 Å². The standard InChI is InChI=1S/C13H22N2/c1-5-11(4)15-13-8-6-12(7-9-13)14-10(2)3/h6-11,14-15H,5H2,1-4H3. The molecule has 0 heterocycles. The average molecular weight is 206 g/mol. The van der Waals surface area contributed by atoms with E-state index in [1.165, 1.54) is 11.4 Å². The van der Waals surface area contributed by atoms with Gasteiger partial charge in [0.15, 0.2) is 0 Å². The van der Waals surface area contributed by atoms with Crippen LogP contribution in [0.5, 0.6) is 0 Å². The van der Waals surface area contributed by atoms with E-state index in [2.05, 4.69) is 62.6 Å². The van der Waals surface area contributed by atoms with Gasteiger partial charge in [0, 0.05) is 23.5 Å². The van der Waals surface area contributed by atoms with E-state index >= 15 is 0 Å². The minimum Gasteiger partial charge on any atom is -0.383 e. The minimum absolute atomic E-state index is 0.485. The first kappa shape index (κ1) is 11.9. The number of nitrogens with one attached hydrogen (secondary N) is 2. The number of rotatable bonds is 5. The van der Waals surface area contributed by atoms with Crippen molar-refractivity contribution in [2.45, 2.75) is 46.2 Å². The highest BCUT2D eigenvalue weighted by Gasteiger charge is 1.99. The van der Waals surface area contributed by atoms with E-state index in [0.29, 0.717) is 12.1 Å². The first-order chi connectivity index (χ1) is 7.11. The molecule has 1 aromatic carbocycles. The first-order valence-corrected chi connectivity index (χ1v) is 5.75. The van der Waals surface area contributed by atoms with Gasteiger partial charge in [-0.3, -0.25) is 0 Å². The number of benzene rings is 1. The average Bonchev–Trinajstić information content (AvgIpc) is 2.20. The highest BCUT2D eigenvalue weighted by atomic mass is 14.9.